The second-order valence-corrected chi connectivity index (χ2v) is 7.82. The molecule has 0 bridgehead atoms. The summed E-state index contributed by atoms with van der Waals surface area (Å²) in [5, 5.41) is 3.11. The van der Waals surface area contributed by atoms with Crippen molar-refractivity contribution >= 4 is 17.5 Å². The third-order valence-electron chi connectivity index (χ3n) is 5.71. The van der Waals surface area contributed by atoms with Gasteiger partial charge < -0.3 is 15.1 Å². The number of amides is 2. The molecule has 2 atom stereocenters. The first-order valence-corrected chi connectivity index (χ1v) is 8.86. The first kappa shape index (κ1) is 15.5. The van der Waals surface area contributed by atoms with E-state index in [0.29, 0.717) is 6.04 Å². The molecular weight excluding hydrogens is 302 g/mol. The Labute approximate surface area is 143 Å². The van der Waals surface area contributed by atoms with Crippen molar-refractivity contribution in [2.24, 2.45) is 11.3 Å². The van der Waals surface area contributed by atoms with Crippen LogP contribution in [0.4, 0.5) is 5.69 Å². The Morgan fingerprint density at radius 1 is 1.29 bits per heavy atom. The van der Waals surface area contributed by atoms with E-state index in [1.165, 1.54) is 0 Å². The first-order chi connectivity index (χ1) is 11.5. The highest BCUT2D eigenvalue weighted by Crippen LogP contribution is 2.58. The first-order valence-electron chi connectivity index (χ1n) is 8.86. The lowest BCUT2D eigenvalue weighted by molar-refractivity contribution is -0.123. The molecule has 1 aromatic rings. The van der Waals surface area contributed by atoms with E-state index in [1.54, 1.807) is 0 Å². The average Bonchev–Trinajstić information content (AvgIpc) is 3.45. The molecule has 3 aliphatic rings. The van der Waals surface area contributed by atoms with E-state index in [-0.39, 0.29) is 23.1 Å². The van der Waals surface area contributed by atoms with E-state index in [0.717, 1.165) is 50.0 Å². The van der Waals surface area contributed by atoms with Crippen molar-refractivity contribution in [3.05, 3.63) is 29.8 Å². The number of carbonyl (C=O) groups is 2. The summed E-state index contributed by atoms with van der Waals surface area (Å²) in [6, 6.07) is 8.17. The number of rotatable bonds is 4. The second kappa shape index (κ2) is 5.50. The fourth-order valence-electron chi connectivity index (χ4n) is 3.87. The molecule has 1 saturated heterocycles. The van der Waals surface area contributed by atoms with Crippen molar-refractivity contribution in [3.63, 3.8) is 0 Å². The van der Waals surface area contributed by atoms with Crippen LogP contribution in [0.3, 0.4) is 0 Å². The van der Waals surface area contributed by atoms with E-state index in [9.17, 15) is 9.59 Å². The number of carbonyl (C=O) groups excluding carboxylic acids is 2. The van der Waals surface area contributed by atoms with Crippen LogP contribution in [0.1, 0.15) is 36.0 Å². The molecular formula is C19H25N3O2. The normalized spacial score (nSPS) is 28.1. The van der Waals surface area contributed by atoms with E-state index >= 15 is 0 Å². The number of benzene rings is 1. The van der Waals surface area contributed by atoms with Gasteiger partial charge in [0.15, 0.2) is 0 Å². The Morgan fingerprint density at radius 2 is 2.08 bits per heavy atom. The van der Waals surface area contributed by atoms with Gasteiger partial charge in [-0.15, -0.1) is 0 Å². The quantitative estimate of drug-likeness (QED) is 0.919. The zero-order chi connectivity index (χ0) is 16.9. The molecule has 2 amide bonds. The maximum Gasteiger partial charge on any atom is 0.253 e. The zero-order valence-corrected chi connectivity index (χ0v) is 14.4. The maximum absolute atomic E-state index is 12.8. The van der Waals surface area contributed by atoms with E-state index in [4.69, 9.17) is 0 Å². The van der Waals surface area contributed by atoms with Crippen molar-refractivity contribution in [3.8, 4) is 0 Å². The summed E-state index contributed by atoms with van der Waals surface area (Å²) in [5.41, 5.74) is 1.81. The summed E-state index contributed by atoms with van der Waals surface area (Å²) in [4.78, 5) is 29.0. The SMILES string of the molecule is CN(C)c1cccc(C(=O)N2CCC3(CC3C(=O)NC3CC3)C2)c1. The predicted octanol–water partition coefficient (Wildman–Crippen LogP) is 1.88. The third kappa shape index (κ3) is 2.76. The topological polar surface area (TPSA) is 52.7 Å². The number of anilines is 1. The Hall–Kier alpha value is -2.04. The Morgan fingerprint density at radius 3 is 2.79 bits per heavy atom. The van der Waals surface area contributed by atoms with Gasteiger partial charge in [-0.3, -0.25) is 9.59 Å². The fourth-order valence-corrected chi connectivity index (χ4v) is 3.87. The van der Waals surface area contributed by atoms with E-state index < -0.39 is 0 Å². The number of nitrogens with zero attached hydrogens (tertiary/aromatic N) is 2. The molecule has 3 fully saturated rings. The molecule has 0 aromatic heterocycles. The number of nitrogens with one attached hydrogen (secondary N) is 1. The van der Waals surface area contributed by atoms with Crippen LogP contribution in [0.15, 0.2) is 24.3 Å². The minimum absolute atomic E-state index is 0.0494. The molecule has 1 aliphatic heterocycles. The van der Waals surface area contributed by atoms with Gasteiger partial charge in [0.2, 0.25) is 5.91 Å². The van der Waals surface area contributed by atoms with Crippen LogP contribution in [0, 0.1) is 11.3 Å². The standard InChI is InChI=1S/C19H25N3O2/c1-21(2)15-5-3-4-13(10-15)18(24)22-9-8-19(12-22)11-16(19)17(23)20-14-6-7-14/h3-5,10,14,16H,6-9,11-12H2,1-2H3,(H,20,23). The lowest BCUT2D eigenvalue weighted by atomic mass is 10.0. The zero-order valence-electron chi connectivity index (χ0n) is 14.4. The third-order valence-corrected chi connectivity index (χ3v) is 5.71. The van der Waals surface area contributed by atoms with Gasteiger partial charge in [-0.25, -0.2) is 0 Å². The van der Waals surface area contributed by atoms with Crippen LogP contribution in [0.2, 0.25) is 0 Å². The minimum atomic E-state index is 0.0494. The van der Waals surface area contributed by atoms with Crippen molar-refractivity contribution in [1.82, 2.24) is 10.2 Å². The summed E-state index contributed by atoms with van der Waals surface area (Å²) in [5.74, 6) is 0.411. The van der Waals surface area contributed by atoms with Gasteiger partial charge in [0.05, 0.1) is 0 Å². The minimum Gasteiger partial charge on any atom is -0.378 e. The van der Waals surface area contributed by atoms with Gasteiger partial charge in [-0.05, 0) is 43.9 Å². The fraction of sp³-hybridized carbons (Fsp3) is 0.579. The van der Waals surface area contributed by atoms with Crippen LogP contribution in [0.5, 0.6) is 0 Å². The molecule has 1 aromatic carbocycles. The van der Waals surface area contributed by atoms with Crippen LogP contribution >= 0.6 is 0 Å². The molecule has 0 radical (unpaired) electrons. The highest BCUT2D eigenvalue weighted by molar-refractivity contribution is 5.95. The van der Waals surface area contributed by atoms with Gasteiger partial charge in [0.25, 0.3) is 5.91 Å². The molecule has 128 valence electrons. The molecule has 1 spiro atoms. The molecule has 5 nitrogen and oxygen atoms in total. The lowest BCUT2D eigenvalue weighted by Gasteiger charge is -2.19. The molecule has 1 heterocycles. The summed E-state index contributed by atoms with van der Waals surface area (Å²) >= 11 is 0. The van der Waals surface area contributed by atoms with E-state index in [1.807, 2.05) is 48.2 Å². The molecule has 1 N–H and O–H groups in total. The predicted molar refractivity (Wildman–Crippen MR) is 93.0 cm³/mol. The van der Waals surface area contributed by atoms with Crippen molar-refractivity contribution in [1.29, 1.82) is 0 Å². The molecule has 2 aliphatic carbocycles. The average molecular weight is 327 g/mol. The Kier molecular flexibility index (Phi) is 3.55. The second-order valence-electron chi connectivity index (χ2n) is 7.82. The smallest absolute Gasteiger partial charge is 0.253 e. The lowest BCUT2D eigenvalue weighted by Crippen LogP contribution is -2.32. The summed E-state index contributed by atoms with van der Waals surface area (Å²) in [6.45, 7) is 1.49. The van der Waals surface area contributed by atoms with Crippen LogP contribution in [0.25, 0.3) is 0 Å². The van der Waals surface area contributed by atoms with Crippen molar-refractivity contribution in [2.75, 3.05) is 32.1 Å². The number of likely N-dealkylation sites (tertiary alicyclic amines) is 1. The number of hydrogen-bond donors (Lipinski definition) is 1. The van der Waals surface area contributed by atoms with E-state index in [2.05, 4.69) is 5.32 Å². The van der Waals surface area contributed by atoms with Crippen LogP contribution in [-0.2, 0) is 4.79 Å². The molecule has 5 heteroatoms. The van der Waals surface area contributed by atoms with Gasteiger partial charge in [0, 0.05) is 55.8 Å². The highest BCUT2D eigenvalue weighted by Gasteiger charge is 2.61. The Balaban J connectivity index is 1.41. The van der Waals surface area contributed by atoms with Gasteiger partial charge >= 0.3 is 0 Å². The van der Waals surface area contributed by atoms with Gasteiger partial charge in [0.1, 0.15) is 0 Å². The summed E-state index contributed by atoms with van der Waals surface area (Å²) < 4.78 is 0. The molecule has 4 rings (SSSR count). The van der Waals surface area contributed by atoms with Gasteiger partial charge in [-0.2, -0.15) is 0 Å². The molecule has 24 heavy (non-hydrogen) atoms. The van der Waals surface area contributed by atoms with Gasteiger partial charge in [-0.1, -0.05) is 6.07 Å². The summed E-state index contributed by atoms with van der Waals surface area (Å²) in [7, 11) is 3.95. The summed E-state index contributed by atoms with van der Waals surface area (Å²) in [6.07, 6.45) is 4.14. The highest BCUT2D eigenvalue weighted by atomic mass is 16.2. The largest absolute Gasteiger partial charge is 0.378 e. The van der Waals surface area contributed by atoms with Crippen molar-refractivity contribution in [2.45, 2.75) is 31.7 Å². The molecule has 2 unspecified atom stereocenters. The van der Waals surface area contributed by atoms with Crippen LogP contribution < -0.4 is 10.2 Å². The monoisotopic (exact) mass is 327 g/mol. The maximum atomic E-state index is 12.8. The molecule has 2 saturated carbocycles. The number of hydrogen-bond acceptors (Lipinski definition) is 3. The Bertz CT molecular complexity index is 683. The van der Waals surface area contributed by atoms with Crippen LogP contribution in [-0.4, -0.2) is 49.9 Å². The van der Waals surface area contributed by atoms with Crippen molar-refractivity contribution < 1.29 is 9.59 Å².